The number of nitrogens with zero attached hydrogens (tertiary/aromatic N) is 3. The molecule has 2 heterocycles. The molecule has 0 amide bonds. The van der Waals surface area contributed by atoms with Crippen LogP contribution in [-0.4, -0.2) is 23.0 Å². The molecule has 0 aliphatic carbocycles. The van der Waals surface area contributed by atoms with Crippen LogP contribution >= 0.6 is 11.3 Å². The van der Waals surface area contributed by atoms with Gasteiger partial charge in [-0.3, -0.25) is 0 Å². The molecule has 0 atom stereocenters. The number of fused-ring (bicyclic) bond motifs is 1. The summed E-state index contributed by atoms with van der Waals surface area (Å²) < 4.78 is 13.9. The highest BCUT2D eigenvalue weighted by Gasteiger charge is 2.10. The standard InChI is InChI=1S/C19H21FN4S/c1-5-7-15(12-22-14(3)20)19-24-18-17(25-19)10-9-16(23-18)13(2)8-6-11-21-4/h5-6,8-12,21H,1,7H2,2-4H3/b11-6-,13-8+,15-12+,22-14+. The molecule has 0 radical (unpaired) electrons. The van der Waals surface area contributed by atoms with Gasteiger partial charge in [0.2, 0.25) is 0 Å². The molecule has 0 aliphatic heterocycles. The Morgan fingerprint density at radius 1 is 1.36 bits per heavy atom. The number of pyridine rings is 1. The van der Waals surface area contributed by atoms with Gasteiger partial charge in [-0.1, -0.05) is 12.2 Å². The molecular formula is C19H21FN4S. The molecule has 2 aromatic heterocycles. The largest absolute Gasteiger partial charge is 0.394 e. The Bertz CT molecular complexity index is 871. The maximum absolute atomic E-state index is 12.9. The van der Waals surface area contributed by atoms with Gasteiger partial charge in [-0.2, -0.15) is 4.39 Å². The van der Waals surface area contributed by atoms with E-state index < -0.39 is 5.97 Å². The van der Waals surface area contributed by atoms with Crippen molar-refractivity contribution in [1.82, 2.24) is 15.3 Å². The molecule has 6 heteroatoms. The first-order valence-electron chi connectivity index (χ1n) is 7.84. The van der Waals surface area contributed by atoms with Crippen LogP contribution in [0.25, 0.3) is 21.5 Å². The number of hydrogen-bond donors (Lipinski definition) is 1. The molecule has 130 valence electrons. The second kappa shape index (κ2) is 9.03. The topological polar surface area (TPSA) is 50.2 Å². The lowest BCUT2D eigenvalue weighted by Crippen LogP contribution is -1.90. The second-order valence-electron chi connectivity index (χ2n) is 5.31. The molecule has 0 saturated carbocycles. The first kappa shape index (κ1) is 18.7. The lowest BCUT2D eigenvalue weighted by Gasteiger charge is -1.98. The molecule has 0 bridgehead atoms. The van der Waals surface area contributed by atoms with Gasteiger partial charge in [0, 0.05) is 25.7 Å². The van der Waals surface area contributed by atoms with E-state index in [9.17, 15) is 4.39 Å². The van der Waals surface area contributed by atoms with Gasteiger partial charge in [0.25, 0.3) is 0 Å². The van der Waals surface area contributed by atoms with E-state index in [-0.39, 0.29) is 0 Å². The SMILES string of the molecule is C=CC/C(=C\N=C(/C)F)c1nc2nc(/C(C)=C/C=C\NC)ccc2s1. The van der Waals surface area contributed by atoms with Gasteiger partial charge in [0.1, 0.15) is 5.01 Å². The van der Waals surface area contributed by atoms with Crippen molar-refractivity contribution in [3.05, 3.63) is 60.0 Å². The summed E-state index contributed by atoms with van der Waals surface area (Å²) in [6.07, 6.45) is 9.58. The van der Waals surface area contributed by atoms with Crippen molar-refractivity contribution in [2.24, 2.45) is 4.99 Å². The predicted molar refractivity (Wildman–Crippen MR) is 106 cm³/mol. The minimum atomic E-state index is -0.488. The van der Waals surface area contributed by atoms with E-state index in [4.69, 9.17) is 0 Å². The van der Waals surface area contributed by atoms with E-state index in [0.29, 0.717) is 12.1 Å². The lowest BCUT2D eigenvalue weighted by molar-refractivity contribution is 0.798. The van der Waals surface area contributed by atoms with Crippen molar-refractivity contribution in [3.8, 4) is 0 Å². The molecule has 0 saturated heterocycles. The highest BCUT2D eigenvalue weighted by Crippen LogP contribution is 2.29. The summed E-state index contributed by atoms with van der Waals surface area (Å²) in [5, 5.41) is 3.72. The molecule has 1 N–H and O–H groups in total. The third-order valence-corrected chi connectivity index (χ3v) is 4.39. The van der Waals surface area contributed by atoms with Crippen molar-refractivity contribution < 1.29 is 4.39 Å². The Kier molecular flexibility index (Phi) is 6.77. The van der Waals surface area contributed by atoms with Crippen LogP contribution in [0.2, 0.25) is 0 Å². The van der Waals surface area contributed by atoms with Crippen LogP contribution in [0.3, 0.4) is 0 Å². The molecule has 0 aliphatic rings. The Hall–Kier alpha value is -2.60. The van der Waals surface area contributed by atoms with Gasteiger partial charge in [0.05, 0.1) is 10.4 Å². The van der Waals surface area contributed by atoms with Crippen LogP contribution in [0.15, 0.2) is 54.3 Å². The quantitative estimate of drug-likeness (QED) is 0.425. The molecule has 2 aromatic rings. The highest BCUT2D eigenvalue weighted by atomic mass is 32.1. The zero-order valence-electron chi connectivity index (χ0n) is 14.6. The van der Waals surface area contributed by atoms with Crippen molar-refractivity contribution in [2.75, 3.05) is 7.05 Å². The number of aliphatic imine (C=N–C) groups is 1. The second-order valence-corrected chi connectivity index (χ2v) is 6.34. The number of thiazole rings is 1. The van der Waals surface area contributed by atoms with Gasteiger partial charge in [0.15, 0.2) is 11.6 Å². The maximum atomic E-state index is 12.9. The lowest BCUT2D eigenvalue weighted by atomic mass is 10.2. The van der Waals surface area contributed by atoms with Gasteiger partial charge in [-0.05, 0) is 43.3 Å². The van der Waals surface area contributed by atoms with E-state index >= 15 is 0 Å². The third kappa shape index (κ3) is 5.19. The molecule has 0 fully saturated rings. The van der Waals surface area contributed by atoms with Crippen LogP contribution in [0, 0.1) is 0 Å². The summed E-state index contributed by atoms with van der Waals surface area (Å²) in [6, 6.07) is 3.98. The Morgan fingerprint density at radius 3 is 2.84 bits per heavy atom. The molecule has 25 heavy (non-hydrogen) atoms. The Labute approximate surface area is 151 Å². The molecule has 2 rings (SSSR count). The van der Waals surface area contributed by atoms with Crippen molar-refractivity contribution in [2.45, 2.75) is 20.3 Å². The predicted octanol–water partition coefficient (Wildman–Crippen LogP) is 5.13. The molecule has 0 aromatic carbocycles. The van der Waals surface area contributed by atoms with Gasteiger partial charge in [-0.15, -0.1) is 17.9 Å². The molecule has 0 spiro atoms. The first-order chi connectivity index (χ1) is 12.0. The Morgan fingerprint density at radius 2 is 2.16 bits per heavy atom. The van der Waals surface area contributed by atoms with E-state index in [1.54, 1.807) is 6.08 Å². The minimum absolute atomic E-state index is 0.488. The maximum Gasteiger partial charge on any atom is 0.185 e. The number of hydrogen-bond acceptors (Lipinski definition) is 5. The molecule has 4 nitrogen and oxygen atoms in total. The van der Waals surface area contributed by atoms with Crippen LogP contribution in [0.4, 0.5) is 4.39 Å². The Balaban J connectivity index is 2.40. The normalized spacial score (nSPS) is 13.7. The average molecular weight is 356 g/mol. The van der Waals surface area contributed by atoms with Crippen LogP contribution in [0.1, 0.15) is 31.0 Å². The third-order valence-electron chi connectivity index (χ3n) is 3.30. The summed E-state index contributed by atoms with van der Waals surface area (Å²) in [5.74, 6) is -0.488. The molecule has 0 unspecified atom stereocenters. The zero-order valence-corrected chi connectivity index (χ0v) is 15.4. The van der Waals surface area contributed by atoms with Gasteiger partial charge < -0.3 is 5.32 Å². The van der Waals surface area contributed by atoms with E-state index in [2.05, 4.69) is 26.9 Å². The summed E-state index contributed by atoms with van der Waals surface area (Å²) in [5.41, 5.74) is 3.42. The first-order valence-corrected chi connectivity index (χ1v) is 8.65. The van der Waals surface area contributed by atoms with E-state index in [1.807, 2.05) is 44.5 Å². The highest BCUT2D eigenvalue weighted by molar-refractivity contribution is 7.19. The number of allylic oxidation sites excluding steroid dienone is 5. The fraction of sp³-hybridized carbons (Fsp3) is 0.211. The minimum Gasteiger partial charge on any atom is -0.394 e. The summed E-state index contributed by atoms with van der Waals surface area (Å²) >= 11 is 1.51. The van der Waals surface area contributed by atoms with Crippen LogP contribution < -0.4 is 5.32 Å². The van der Waals surface area contributed by atoms with Crippen molar-refractivity contribution in [3.63, 3.8) is 0 Å². The summed E-state index contributed by atoms with van der Waals surface area (Å²) in [6.45, 7) is 7.05. The zero-order chi connectivity index (χ0) is 18.2. The average Bonchev–Trinajstić information content (AvgIpc) is 3.01. The number of aromatic nitrogens is 2. The van der Waals surface area contributed by atoms with Crippen molar-refractivity contribution >= 4 is 38.8 Å². The van der Waals surface area contributed by atoms with Crippen LogP contribution in [0.5, 0.6) is 0 Å². The monoisotopic (exact) mass is 356 g/mol. The number of rotatable bonds is 7. The molecular weight excluding hydrogens is 335 g/mol. The van der Waals surface area contributed by atoms with E-state index in [0.717, 1.165) is 26.5 Å². The fourth-order valence-electron chi connectivity index (χ4n) is 2.07. The number of nitrogens with one attached hydrogen (secondary N) is 1. The summed E-state index contributed by atoms with van der Waals surface area (Å²) in [4.78, 5) is 13.0. The van der Waals surface area contributed by atoms with E-state index in [1.165, 1.54) is 24.5 Å². The van der Waals surface area contributed by atoms with Gasteiger partial charge in [-0.25, -0.2) is 15.0 Å². The smallest absolute Gasteiger partial charge is 0.185 e. The van der Waals surface area contributed by atoms with Crippen LogP contribution in [-0.2, 0) is 0 Å². The summed E-state index contributed by atoms with van der Waals surface area (Å²) in [7, 11) is 1.85. The fourth-order valence-corrected chi connectivity index (χ4v) is 2.99. The van der Waals surface area contributed by atoms with Crippen molar-refractivity contribution in [1.29, 1.82) is 0 Å². The number of halogens is 1. The van der Waals surface area contributed by atoms with Gasteiger partial charge >= 0.3 is 0 Å².